The van der Waals surface area contributed by atoms with Crippen LogP contribution in [0.25, 0.3) is 0 Å². The lowest BCUT2D eigenvalue weighted by Gasteiger charge is -2.28. The van der Waals surface area contributed by atoms with Crippen molar-refractivity contribution in [2.24, 2.45) is 0 Å². The Labute approximate surface area is 102 Å². The van der Waals surface area contributed by atoms with E-state index in [-0.39, 0.29) is 5.56 Å². The van der Waals surface area contributed by atoms with E-state index < -0.39 is 29.6 Å². The Morgan fingerprint density at radius 3 is 2.39 bits per heavy atom. The molecule has 0 heterocycles. The van der Waals surface area contributed by atoms with Crippen LogP contribution in [0.3, 0.4) is 0 Å². The monoisotopic (exact) mass is 262 g/mol. The summed E-state index contributed by atoms with van der Waals surface area (Å²) in [6.07, 6.45) is -2.77. The minimum absolute atomic E-state index is 0.0166. The van der Waals surface area contributed by atoms with Crippen LogP contribution in [-0.4, -0.2) is 11.2 Å². The van der Waals surface area contributed by atoms with E-state index in [2.05, 4.69) is 0 Å². The molecule has 1 aliphatic carbocycles. The number of aliphatic hydroxyl groups is 1. The fraction of sp³-hybridized carbons (Fsp3) is 0.538. The maximum atomic E-state index is 13.9. The fourth-order valence-electron chi connectivity index (χ4n) is 2.53. The van der Waals surface area contributed by atoms with Gasteiger partial charge in [0.2, 0.25) is 0 Å². The molecular formula is C13H14F4O. The van der Waals surface area contributed by atoms with E-state index in [1.807, 2.05) is 0 Å². The third-order valence-corrected chi connectivity index (χ3v) is 3.46. The number of hydrogen-bond donors (Lipinski definition) is 1. The van der Waals surface area contributed by atoms with E-state index in [0.29, 0.717) is 12.8 Å². The fourth-order valence-corrected chi connectivity index (χ4v) is 2.53. The number of benzene rings is 1. The summed E-state index contributed by atoms with van der Waals surface area (Å²) in [4.78, 5) is 0. The van der Waals surface area contributed by atoms with Crippen LogP contribution >= 0.6 is 0 Å². The first-order valence-corrected chi connectivity index (χ1v) is 5.95. The standard InChI is InChI=1S/C13H14F4O/c14-12-9(8-4-1-2-7-11(8)18)5-3-6-10(12)13(15,16)17/h3,5-6,8,11,18H,1-2,4,7H2. The average Bonchev–Trinajstić information content (AvgIpc) is 2.29. The SMILES string of the molecule is OC1CCCCC1c1cccc(C(F)(F)F)c1F. The van der Waals surface area contributed by atoms with Crippen LogP contribution in [0.2, 0.25) is 0 Å². The summed E-state index contributed by atoms with van der Waals surface area (Å²) in [7, 11) is 0. The molecule has 1 saturated carbocycles. The Bertz CT molecular complexity index is 427. The number of aliphatic hydroxyl groups excluding tert-OH is 1. The minimum atomic E-state index is -4.69. The molecule has 0 bridgehead atoms. The van der Waals surface area contributed by atoms with Crippen molar-refractivity contribution in [2.75, 3.05) is 0 Å². The van der Waals surface area contributed by atoms with E-state index in [4.69, 9.17) is 0 Å². The highest BCUT2D eigenvalue weighted by Crippen LogP contribution is 2.38. The summed E-state index contributed by atoms with van der Waals surface area (Å²) < 4.78 is 51.7. The molecule has 2 rings (SSSR count). The zero-order valence-corrected chi connectivity index (χ0v) is 9.67. The van der Waals surface area contributed by atoms with Crippen LogP contribution < -0.4 is 0 Å². The third-order valence-electron chi connectivity index (χ3n) is 3.46. The van der Waals surface area contributed by atoms with Crippen LogP contribution in [-0.2, 0) is 6.18 Å². The number of alkyl halides is 3. The van der Waals surface area contributed by atoms with Gasteiger partial charge in [-0.3, -0.25) is 0 Å². The van der Waals surface area contributed by atoms with Crippen molar-refractivity contribution < 1.29 is 22.7 Å². The van der Waals surface area contributed by atoms with Gasteiger partial charge in [-0.2, -0.15) is 13.2 Å². The first kappa shape index (κ1) is 13.3. The molecule has 1 aliphatic rings. The molecule has 1 aromatic carbocycles. The van der Waals surface area contributed by atoms with E-state index in [0.717, 1.165) is 18.9 Å². The van der Waals surface area contributed by atoms with Crippen molar-refractivity contribution >= 4 is 0 Å². The Hall–Kier alpha value is -1.10. The molecule has 0 radical (unpaired) electrons. The lowest BCUT2D eigenvalue weighted by Crippen LogP contribution is -2.24. The van der Waals surface area contributed by atoms with E-state index in [1.54, 1.807) is 0 Å². The highest BCUT2D eigenvalue weighted by Gasteiger charge is 2.37. The van der Waals surface area contributed by atoms with Crippen molar-refractivity contribution in [3.8, 4) is 0 Å². The third kappa shape index (κ3) is 2.51. The summed E-state index contributed by atoms with van der Waals surface area (Å²) in [5, 5.41) is 9.79. The second kappa shape index (κ2) is 4.88. The topological polar surface area (TPSA) is 20.2 Å². The van der Waals surface area contributed by atoms with Gasteiger partial charge in [0, 0.05) is 5.92 Å². The van der Waals surface area contributed by atoms with E-state index in [1.165, 1.54) is 12.1 Å². The summed E-state index contributed by atoms with van der Waals surface area (Å²) in [6.45, 7) is 0. The molecule has 18 heavy (non-hydrogen) atoms. The van der Waals surface area contributed by atoms with Gasteiger partial charge >= 0.3 is 6.18 Å². The van der Waals surface area contributed by atoms with E-state index in [9.17, 15) is 22.7 Å². The molecule has 5 heteroatoms. The number of hydrogen-bond acceptors (Lipinski definition) is 1. The summed E-state index contributed by atoms with van der Waals surface area (Å²) in [5.41, 5.74) is -1.27. The molecule has 0 spiro atoms. The van der Waals surface area contributed by atoms with Gasteiger partial charge in [-0.1, -0.05) is 25.0 Å². The second-order valence-electron chi connectivity index (χ2n) is 4.66. The highest BCUT2D eigenvalue weighted by atomic mass is 19.4. The van der Waals surface area contributed by atoms with Gasteiger partial charge in [0.15, 0.2) is 0 Å². The molecule has 2 atom stereocenters. The molecule has 100 valence electrons. The molecule has 0 aliphatic heterocycles. The largest absolute Gasteiger partial charge is 0.419 e. The lowest BCUT2D eigenvalue weighted by molar-refractivity contribution is -0.140. The van der Waals surface area contributed by atoms with Gasteiger partial charge in [-0.25, -0.2) is 4.39 Å². The first-order valence-electron chi connectivity index (χ1n) is 5.95. The molecule has 2 unspecified atom stereocenters. The zero-order valence-electron chi connectivity index (χ0n) is 9.67. The summed E-state index contributed by atoms with van der Waals surface area (Å²) in [6, 6.07) is 3.26. The Balaban J connectivity index is 2.39. The van der Waals surface area contributed by atoms with Crippen molar-refractivity contribution in [1.82, 2.24) is 0 Å². The van der Waals surface area contributed by atoms with Crippen molar-refractivity contribution in [2.45, 2.75) is 43.9 Å². The zero-order chi connectivity index (χ0) is 13.3. The quantitative estimate of drug-likeness (QED) is 0.762. The van der Waals surface area contributed by atoms with Gasteiger partial charge in [0.25, 0.3) is 0 Å². The average molecular weight is 262 g/mol. The Morgan fingerprint density at radius 2 is 1.78 bits per heavy atom. The van der Waals surface area contributed by atoms with E-state index >= 15 is 0 Å². The van der Waals surface area contributed by atoms with Crippen LogP contribution in [0.1, 0.15) is 42.7 Å². The predicted octanol–water partition coefficient (Wildman–Crippen LogP) is 3.86. The van der Waals surface area contributed by atoms with Crippen LogP contribution in [0.15, 0.2) is 18.2 Å². The van der Waals surface area contributed by atoms with Gasteiger partial charge in [-0.15, -0.1) is 0 Å². The highest BCUT2D eigenvalue weighted by molar-refractivity contribution is 5.31. The minimum Gasteiger partial charge on any atom is -0.392 e. The van der Waals surface area contributed by atoms with Gasteiger partial charge in [0.05, 0.1) is 11.7 Å². The molecule has 0 amide bonds. The van der Waals surface area contributed by atoms with Gasteiger partial charge in [-0.05, 0) is 24.5 Å². The lowest BCUT2D eigenvalue weighted by atomic mass is 9.81. The molecule has 1 aromatic rings. The number of halogens is 4. The molecule has 0 aromatic heterocycles. The maximum Gasteiger partial charge on any atom is 0.419 e. The Kier molecular flexibility index (Phi) is 3.61. The second-order valence-corrected chi connectivity index (χ2v) is 4.66. The summed E-state index contributed by atoms with van der Waals surface area (Å²) >= 11 is 0. The number of rotatable bonds is 1. The molecule has 0 saturated heterocycles. The Morgan fingerprint density at radius 1 is 1.11 bits per heavy atom. The summed E-state index contributed by atoms with van der Waals surface area (Å²) in [5.74, 6) is -1.77. The van der Waals surface area contributed by atoms with Crippen LogP contribution in [0.5, 0.6) is 0 Å². The maximum absolute atomic E-state index is 13.9. The molecule has 1 N–H and O–H groups in total. The van der Waals surface area contributed by atoms with Crippen LogP contribution in [0, 0.1) is 5.82 Å². The van der Waals surface area contributed by atoms with Crippen LogP contribution in [0.4, 0.5) is 17.6 Å². The van der Waals surface area contributed by atoms with Gasteiger partial charge < -0.3 is 5.11 Å². The van der Waals surface area contributed by atoms with Gasteiger partial charge in [0.1, 0.15) is 5.82 Å². The van der Waals surface area contributed by atoms with Crippen molar-refractivity contribution in [3.63, 3.8) is 0 Å². The molecule has 1 nitrogen and oxygen atoms in total. The predicted molar refractivity (Wildman–Crippen MR) is 58.6 cm³/mol. The smallest absolute Gasteiger partial charge is 0.392 e. The normalized spacial score (nSPS) is 25.2. The molecular weight excluding hydrogens is 248 g/mol. The van der Waals surface area contributed by atoms with Crippen molar-refractivity contribution in [3.05, 3.63) is 35.1 Å². The van der Waals surface area contributed by atoms with Crippen molar-refractivity contribution in [1.29, 1.82) is 0 Å². The first-order chi connectivity index (χ1) is 8.41. The molecule has 1 fully saturated rings.